The van der Waals surface area contributed by atoms with Crippen LogP contribution in [0.25, 0.3) is 0 Å². The maximum absolute atomic E-state index is 9.06. The highest BCUT2D eigenvalue weighted by Crippen LogP contribution is 2.41. The predicted octanol–water partition coefficient (Wildman–Crippen LogP) is 2.55. The summed E-state index contributed by atoms with van der Waals surface area (Å²) in [5, 5.41) is 12.5. The molecule has 0 saturated heterocycles. The van der Waals surface area contributed by atoms with Gasteiger partial charge >= 0.3 is 0 Å². The summed E-state index contributed by atoms with van der Waals surface area (Å²) in [6, 6.07) is 8.26. The van der Waals surface area contributed by atoms with Crippen molar-refractivity contribution in [1.29, 1.82) is 5.26 Å². The summed E-state index contributed by atoms with van der Waals surface area (Å²) >= 11 is 0. The molecular formula is C13H14N2. The highest BCUT2D eigenvalue weighted by Gasteiger charge is 2.33. The number of rotatable bonds is 1. The fourth-order valence-electron chi connectivity index (χ4n) is 2.55. The van der Waals surface area contributed by atoms with Crippen LogP contribution < -0.4 is 5.32 Å². The van der Waals surface area contributed by atoms with Gasteiger partial charge < -0.3 is 5.32 Å². The second-order valence-electron chi connectivity index (χ2n) is 4.63. The van der Waals surface area contributed by atoms with Crippen LogP contribution in [0.5, 0.6) is 0 Å². The first kappa shape index (κ1) is 8.79. The number of nitrogens with one attached hydrogen (secondary N) is 1. The second-order valence-corrected chi connectivity index (χ2v) is 4.63. The second kappa shape index (κ2) is 3.27. The van der Waals surface area contributed by atoms with Crippen LogP contribution in [0, 0.1) is 23.2 Å². The van der Waals surface area contributed by atoms with Gasteiger partial charge in [0.2, 0.25) is 0 Å². The van der Waals surface area contributed by atoms with E-state index in [1.54, 1.807) is 0 Å². The van der Waals surface area contributed by atoms with E-state index >= 15 is 0 Å². The lowest BCUT2D eigenvalue weighted by Crippen LogP contribution is -2.25. The average Bonchev–Trinajstić information content (AvgIpc) is 3.11. The largest absolute Gasteiger partial charge is 0.384 e. The van der Waals surface area contributed by atoms with E-state index in [1.807, 2.05) is 12.1 Å². The van der Waals surface area contributed by atoms with E-state index in [-0.39, 0.29) is 0 Å². The van der Waals surface area contributed by atoms with Gasteiger partial charge in [0.05, 0.1) is 11.6 Å². The van der Waals surface area contributed by atoms with Gasteiger partial charge in [0.15, 0.2) is 0 Å². The molecule has 0 bridgehead atoms. The highest BCUT2D eigenvalue weighted by atomic mass is 14.9. The van der Waals surface area contributed by atoms with E-state index in [1.165, 1.54) is 24.1 Å². The summed E-state index contributed by atoms with van der Waals surface area (Å²) in [5.41, 5.74) is 3.26. The minimum Gasteiger partial charge on any atom is -0.384 e. The van der Waals surface area contributed by atoms with Crippen molar-refractivity contribution in [3.63, 3.8) is 0 Å². The Morgan fingerprint density at radius 2 is 2.13 bits per heavy atom. The van der Waals surface area contributed by atoms with Gasteiger partial charge in [-0.3, -0.25) is 0 Å². The summed E-state index contributed by atoms with van der Waals surface area (Å²) < 4.78 is 0. The highest BCUT2D eigenvalue weighted by molar-refractivity contribution is 5.59. The third kappa shape index (κ3) is 1.48. The van der Waals surface area contributed by atoms with Crippen LogP contribution >= 0.6 is 0 Å². The number of nitrogens with zero attached hydrogens (tertiary/aromatic N) is 1. The zero-order valence-corrected chi connectivity index (χ0v) is 8.66. The number of fused-ring (bicyclic) bond motifs is 1. The van der Waals surface area contributed by atoms with Crippen LogP contribution in [-0.2, 0) is 6.42 Å². The third-order valence-corrected chi connectivity index (χ3v) is 3.61. The van der Waals surface area contributed by atoms with E-state index < -0.39 is 0 Å². The summed E-state index contributed by atoms with van der Waals surface area (Å²) in [4.78, 5) is 0. The molecule has 15 heavy (non-hydrogen) atoms. The van der Waals surface area contributed by atoms with Gasteiger partial charge in [-0.2, -0.15) is 5.26 Å². The molecule has 2 heteroatoms. The SMILES string of the molecule is N#Cc1cccc2c1CC(C1CC1)CN2. The standard InChI is InChI=1S/C13H14N2/c14-7-10-2-1-3-13-12(10)6-11(8-15-13)9-4-5-9/h1-3,9,11,15H,4-6,8H2. The summed E-state index contributed by atoms with van der Waals surface area (Å²) in [7, 11) is 0. The Kier molecular flexibility index (Phi) is 1.92. The van der Waals surface area contributed by atoms with Crippen molar-refractivity contribution in [2.45, 2.75) is 19.3 Å². The van der Waals surface area contributed by atoms with Gasteiger partial charge in [0, 0.05) is 12.2 Å². The number of benzene rings is 1. The van der Waals surface area contributed by atoms with Crippen LogP contribution in [0.3, 0.4) is 0 Å². The van der Waals surface area contributed by atoms with Crippen molar-refractivity contribution >= 4 is 5.69 Å². The molecule has 3 rings (SSSR count). The molecule has 2 nitrogen and oxygen atoms in total. The molecule has 1 unspecified atom stereocenters. The van der Waals surface area contributed by atoms with E-state index in [2.05, 4.69) is 17.5 Å². The fourth-order valence-corrected chi connectivity index (χ4v) is 2.55. The van der Waals surface area contributed by atoms with Crippen molar-refractivity contribution < 1.29 is 0 Å². The number of nitriles is 1. The monoisotopic (exact) mass is 198 g/mol. The molecule has 1 fully saturated rings. The van der Waals surface area contributed by atoms with Crippen LogP contribution in [-0.4, -0.2) is 6.54 Å². The molecule has 1 saturated carbocycles. The van der Waals surface area contributed by atoms with Gasteiger partial charge in [-0.25, -0.2) is 0 Å². The smallest absolute Gasteiger partial charge is 0.0995 e. The average molecular weight is 198 g/mol. The molecule has 1 aliphatic carbocycles. The Hall–Kier alpha value is -1.49. The first-order chi connectivity index (χ1) is 7.38. The van der Waals surface area contributed by atoms with E-state index in [0.29, 0.717) is 0 Å². The molecule has 0 spiro atoms. The predicted molar refractivity (Wildman–Crippen MR) is 59.6 cm³/mol. The zero-order valence-electron chi connectivity index (χ0n) is 8.66. The molecule has 1 atom stereocenters. The zero-order chi connectivity index (χ0) is 10.3. The lowest BCUT2D eigenvalue weighted by Gasteiger charge is -2.26. The first-order valence-corrected chi connectivity index (χ1v) is 5.64. The number of anilines is 1. The molecule has 76 valence electrons. The van der Waals surface area contributed by atoms with Gasteiger partial charge in [0.1, 0.15) is 0 Å². The van der Waals surface area contributed by atoms with Crippen LogP contribution in [0.15, 0.2) is 18.2 Å². The third-order valence-electron chi connectivity index (χ3n) is 3.61. The lowest BCUT2D eigenvalue weighted by molar-refractivity contribution is 0.472. The Morgan fingerprint density at radius 3 is 2.87 bits per heavy atom. The van der Waals surface area contributed by atoms with E-state index in [9.17, 15) is 0 Å². The Bertz CT molecular complexity index is 427. The molecule has 1 N–H and O–H groups in total. The van der Waals surface area contributed by atoms with Gasteiger partial charge in [0.25, 0.3) is 0 Å². The van der Waals surface area contributed by atoms with E-state index in [0.717, 1.165) is 30.4 Å². The van der Waals surface area contributed by atoms with Crippen molar-refractivity contribution in [3.05, 3.63) is 29.3 Å². The number of hydrogen-bond acceptors (Lipinski definition) is 2. The summed E-state index contributed by atoms with van der Waals surface area (Å²) in [6.45, 7) is 1.09. The summed E-state index contributed by atoms with van der Waals surface area (Å²) in [6.07, 6.45) is 3.86. The summed E-state index contributed by atoms with van der Waals surface area (Å²) in [5.74, 6) is 1.67. The van der Waals surface area contributed by atoms with Crippen molar-refractivity contribution in [3.8, 4) is 6.07 Å². The Morgan fingerprint density at radius 1 is 1.27 bits per heavy atom. The van der Waals surface area contributed by atoms with Gasteiger partial charge in [-0.1, -0.05) is 6.07 Å². The number of hydrogen-bond donors (Lipinski definition) is 1. The molecule has 0 radical (unpaired) electrons. The van der Waals surface area contributed by atoms with Gasteiger partial charge in [-0.05, 0) is 48.8 Å². The minimum atomic E-state index is 0.756. The topological polar surface area (TPSA) is 35.8 Å². The fraction of sp³-hybridized carbons (Fsp3) is 0.462. The van der Waals surface area contributed by atoms with Crippen molar-refractivity contribution in [2.75, 3.05) is 11.9 Å². The molecule has 1 aromatic carbocycles. The first-order valence-electron chi connectivity index (χ1n) is 5.64. The molecule has 1 aliphatic heterocycles. The van der Waals surface area contributed by atoms with Crippen LogP contribution in [0.1, 0.15) is 24.0 Å². The van der Waals surface area contributed by atoms with Crippen LogP contribution in [0.2, 0.25) is 0 Å². The molecule has 2 aliphatic rings. The maximum atomic E-state index is 9.06. The maximum Gasteiger partial charge on any atom is 0.0995 e. The normalized spacial score (nSPS) is 23.8. The molecular weight excluding hydrogens is 184 g/mol. The van der Waals surface area contributed by atoms with Crippen molar-refractivity contribution in [1.82, 2.24) is 0 Å². The molecule has 1 heterocycles. The molecule has 1 aromatic rings. The molecule has 0 amide bonds. The van der Waals surface area contributed by atoms with Gasteiger partial charge in [-0.15, -0.1) is 0 Å². The minimum absolute atomic E-state index is 0.756. The Balaban J connectivity index is 1.95. The quantitative estimate of drug-likeness (QED) is 0.752. The van der Waals surface area contributed by atoms with Crippen molar-refractivity contribution in [2.24, 2.45) is 11.8 Å². The van der Waals surface area contributed by atoms with E-state index in [4.69, 9.17) is 5.26 Å². The lowest BCUT2D eigenvalue weighted by atomic mass is 9.88. The Labute approximate surface area is 89.9 Å². The molecule has 0 aromatic heterocycles. The van der Waals surface area contributed by atoms with Crippen LogP contribution in [0.4, 0.5) is 5.69 Å².